The molecule has 31 heavy (non-hydrogen) atoms. The molecule has 172 valence electrons. The molecular weight excluding hydrogens is 487 g/mol. The molecule has 1 rings (SSSR count). The van der Waals surface area contributed by atoms with E-state index < -0.39 is 18.4 Å². The Morgan fingerprint density at radius 1 is 0.935 bits per heavy atom. The third-order valence-electron chi connectivity index (χ3n) is 6.24. The monoisotopic (exact) mass is 532 g/mol. The molecule has 1 aromatic rings. The van der Waals surface area contributed by atoms with Crippen LogP contribution in [0.1, 0.15) is 90.5 Å². The minimum absolute atomic E-state index is 0.152. The molecule has 0 unspecified atom stereocenters. The van der Waals surface area contributed by atoms with Crippen molar-refractivity contribution in [3.8, 4) is 12.3 Å². The van der Waals surface area contributed by atoms with Crippen molar-refractivity contribution < 1.29 is 9.53 Å². The van der Waals surface area contributed by atoms with Gasteiger partial charge in [-0.2, -0.15) is 0 Å². The average Bonchev–Trinajstić information content (AvgIpc) is 2.80. The summed E-state index contributed by atoms with van der Waals surface area (Å²) in [5.74, 6) is 2.62. The molecule has 0 bridgehead atoms. The Morgan fingerprint density at radius 2 is 1.52 bits per heavy atom. The maximum absolute atomic E-state index is 12.9. The number of ether oxygens (including phenoxy) is 1. The van der Waals surface area contributed by atoms with Crippen LogP contribution < -0.4 is 0 Å². The van der Waals surface area contributed by atoms with Crippen molar-refractivity contribution in [2.75, 3.05) is 0 Å². The number of esters is 1. The van der Waals surface area contributed by atoms with Gasteiger partial charge in [-0.1, -0.05) is 0 Å². The standard InChI is InChI=1S/C16H17O2.3C4H9.Sn/c1-2-3-4-5-6-10-13-16(17)18-14-15-11-8-7-9-12-15;3*1-3-4-2;/h1,7-9,11-13H,3-6,14H2;3*1,3-4H2,2H3;. The van der Waals surface area contributed by atoms with Gasteiger partial charge in [0.15, 0.2) is 0 Å². The summed E-state index contributed by atoms with van der Waals surface area (Å²) in [5, 5.41) is 0. The molecule has 0 radical (unpaired) electrons. The van der Waals surface area contributed by atoms with Gasteiger partial charge in [-0.15, -0.1) is 0 Å². The van der Waals surface area contributed by atoms with E-state index in [2.05, 4.69) is 26.7 Å². The average molecular weight is 531 g/mol. The number of rotatable bonds is 17. The van der Waals surface area contributed by atoms with Crippen LogP contribution in [-0.4, -0.2) is 24.3 Å². The third-order valence-corrected chi connectivity index (χ3v) is 22.5. The Bertz CT molecular complexity index is 650. The number of carbonyl (C=O) groups excluding carboxylic acids is 1. The molecule has 2 nitrogen and oxygen atoms in total. The first-order valence-corrected chi connectivity index (χ1v) is 19.9. The molecule has 0 atom stereocenters. The Labute approximate surface area is 196 Å². The Balaban J connectivity index is 3.11. The number of carbonyl (C=O) groups is 1. The predicted octanol–water partition coefficient (Wildman–Crippen LogP) is 8.24. The quantitative estimate of drug-likeness (QED) is 0.0666. The molecule has 0 aliphatic rings. The van der Waals surface area contributed by atoms with E-state index in [4.69, 9.17) is 11.2 Å². The Hall–Kier alpha value is -1.21. The second-order valence-corrected chi connectivity index (χ2v) is 22.2. The van der Waals surface area contributed by atoms with E-state index in [1.165, 1.54) is 55.4 Å². The maximum atomic E-state index is 12.9. The summed E-state index contributed by atoms with van der Waals surface area (Å²) >= 11 is -2.65. The van der Waals surface area contributed by atoms with Crippen molar-refractivity contribution >= 4 is 24.3 Å². The number of unbranched alkanes of at least 4 members (excludes halogenated alkanes) is 5. The molecule has 0 amide bonds. The zero-order valence-electron chi connectivity index (χ0n) is 20.3. The first-order chi connectivity index (χ1) is 15.1. The van der Waals surface area contributed by atoms with Gasteiger partial charge in [-0.3, -0.25) is 0 Å². The van der Waals surface area contributed by atoms with E-state index in [0.717, 1.165) is 31.2 Å². The van der Waals surface area contributed by atoms with Crippen molar-refractivity contribution in [1.29, 1.82) is 0 Å². The van der Waals surface area contributed by atoms with E-state index in [-0.39, 0.29) is 5.97 Å². The van der Waals surface area contributed by atoms with Crippen LogP contribution in [0.2, 0.25) is 13.3 Å². The van der Waals surface area contributed by atoms with Gasteiger partial charge in [0.25, 0.3) is 0 Å². The number of terminal acetylenes is 1. The van der Waals surface area contributed by atoms with Crippen LogP contribution >= 0.6 is 0 Å². The predicted molar refractivity (Wildman–Crippen MR) is 137 cm³/mol. The van der Waals surface area contributed by atoms with E-state index in [1.54, 1.807) is 0 Å². The van der Waals surface area contributed by atoms with Gasteiger partial charge in [0.05, 0.1) is 0 Å². The summed E-state index contributed by atoms with van der Waals surface area (Å²) in [7, 11) is 0. The molecule has 0 saturated heterocycles. The van der Waals surface area contributed by atoms with Gasteiger partial charge in [-0.05, 0) is 0 Å². The van der Waals surface area contributed by atoms with Crippen LogP contribution in [0.5, 0.6) is 0 Å². The van der Waals surface area contributed by atoms with E-state index in [0.29, 0.717) is 6.61 Å². The van der Waals surface area contributed by atoms with Crippen molar-refractivity contribution in [3.63, 3.8) is 0 Å². The number of allylic oxidation sites excluding steroid dienone is 1. The van der Waals surface area contributed by atoms with Crippen LogP contribution in [0, 0.1) is 12.3 Å². The Kier molecular flexibility index (Phi) is 15.6. The summed E-state index contributed by atoms with van der Waals surface area (Å²) in [5.41, 5.74) is 1.04. The van der Waals surface area contributed by atoms with Gasteiger partial charge in [0.2, 0.25) is 0 Å². The normalized spacial score (nSPS) is 11.9. The molecule has 0 N–H and O–H groups in total. The van der Waals surface area contributed by atoms with Gasteiger partial charge >= 0.3 is 197 Å². The minimum atomic E-state index is -2.65. The van der Waals surface area contributed by atoms with Gasteiger partial charge in [0, 0.05) is 0 Å². The van der Waals surface area contributed by atoms with Crippen molar-refractivity contribution in [1.82, 2.24) is 0 Å². The van der Waals surface area contributed by atoms with Crippen LogP contribution in [0.4, 0.5) is 0 Å². The third kappa shape index (κ3) is 11.3. The number of benzene rings is 1. The molecule has 0 spiro atoms. The zero-order chi connectivity index (χ0) is 22.8. The van der Waals surface area contributed by atoms with Crippen molar-refractivity contribution in [2.45, 2.75) is 105 Å². The molecule has 0 aliphatic heterocycles. The molecule has 0 heterocycles. The summed E-state index contributed by atoms with van der Waals surface area (Å²) in [4.78, 5) is 12.9. The molecule has 0 aliphatic carbocycles. The van der Waals surface area contributed by atoms with Crippen LogP contribution in [0.15, 0.2) is 40.0 Å². The summed E-state index contributed by atoms with van der Waals surface area (Å²) in [6.07, 6.45) is 19.0. The van der Waals surface area contributed by atoms with Crippen LogP contribution in [0.25, 0.3) is 0 Å². The van der Waals surface area contributed by atoms with Crippen molar-refractivity contribution in [3.05, 3.63) is 45.6 Å². The molecule has 0 saturated carbocycles. The van der Waals surface area contributed by atoms with Crippen molar-refractivity contribution in [2.24, 2.45) is 0 Å². The number of hydrogen-bond acceptors (Lipinski definition) is 2. The number of hydrogen-bond donors (Lipinski definition) is 0. The Morgan fingerprint density at radius 3 is 2.03 bits per heavy atom. The van der Waals surface area contributed by atoms with Gasteiger partial charge in [-0.25, -0.2) is 0 Å². The first-order valence-electron chi connectivity index (χ1n) is 12.5. The van der Waals surface area contributed by atoms with Crippen LogP contribution in [0.3, 0.4) is 0 Å². The summed E-state index contributed by atoms with van der Waals surface area (Å²) < 4.78 is 11.3. The fourth-order valence-corrected chi connectivity index (χ4v) is 21.3. The van der Waals surface area contributed by atoms with E-state index in [9.17, 15) is 4.79 Å². The fraction of sp³-hybridized carbons (Fsp3) is 0.607. The van der Waals surface area contributed by atoms with Gasteiger partial charge < -0.3 is 0 Å². The SMILES string of the molecule is C#CCCCC/[C](=C\C(=O)OCc1ccccc1)[Sn]([CH2]CCC)([CH2]CCC)[CH2]CCC. The molecule has 0 fully saturated rings. The molecule has 1 aromatic carbocycles. The van der Waals surface area contributed by atoms with Crippen LogP contribution in [-0.2, 0) is 16.1 Å². The van der Waals surface area contributed by atoms with Gasteiger partial charge in [0.1, 0.15) is 0 Å². The topological polar surface area (TPSA) is 26.3 Å². The second kappa shape index (κ2) is 17.4. The molecule has 3 heteroatoms. The molecular formula is C28H44O2Sn. The van der Waals surface area contributed by atoms with E-state index in [1.807, 2.05) is 36.4 Å². The first kappa shape index (κ1) is 27.8. The van der Waals surface area contributed by atoms with E-state index >= 15 is 0 Å². The second-order valence-electron chi connectivity index (χ2n) is 8.77. The molecule has 0 aromatic heterocycles. The summed E-state index contributed by atoms with van der Waals surface area (Å²) in [6, 6.07) is 9.96. The zero-order valence-corrected chi connectivity index (χ0v) is 23.1. The fourth-order valence-electron chi connectivity index (χ4n) is 4.35. The summed E-state index contributed by atoms with van der Waals surface area (Å²) in [6.45, 7) is 7.23.